The van der Waals surface area contributed by atoms with Crippen molar-refractivity contribution in [2.45, 2.75) is 18.4 Å². The zero-order valence-electron chi connectivity index (χ0n) is 15.5. The Labute approximate surface area is 162 Å². The highest BCUT2D eigenvalue weighted by Crippen LogP contribution is 2.52. The lowest BCUT2D eigenvalue weighted by molar-refractivity contribution is -0.385. The summed E-state index contributed by atoms with van der Waals surface area (Å²) >= 11 is 0. The number of nitro benzene ring substituents is 1. The summed E-state index contributed by atoms with van der Waals surface area (Å²) in [4.78, 5) is 11.1. The van der Waals surface area contributed by atoms with Crippen LogP contribution >= 0.6 is 0 Å². The number of hydrogen-bond acceptors (Lipinski definition) is 4. The molecule has 5 heteroatoms. The highest BCUT2D eigenvalue weighted by atomic mass is 16.6. The molecule has 1 heterocycles. The first-order valence-electron chi connectivity index (χ1n) is 9.44. The van der Waals surface area contributed by atoms with Crippen molar-refractivity contribution >= 4 is 22.1 Å². The lowest BCUT2D eigenvalue weighted by Crippen LogP contribution is -2.29. The molecule has 0 saturated heterocycles. The van der Waals surface area contributed by atoms with Gasteiger partial charge in [0.25, 0.3) is 0 Å². The standard InChI is InChI=1S/C23H20N2O3/c1-28-21-12-10-15(13-20(21)25(26)27)22-18-8-4-7-17(18)19-11-9-14-5-2-3-6-16(14)23(19)24-22/h2-7,9-13,17-18,22,24H,8H2,1H3/t17-,18+,22+/m0/s1. The Morgan fingerprint density at radius 2 is 2.00 bits per heavy atom. The lowest BCUT2D eigenvalue weighted by Gasteiger charge is -2.38. The number of nitro groups is 1. The van der Waals surface area contributed by atoms with Gasteiger partial charge in [-0.2, -0.15) is 0 Å². The molecule has 28 heavy (non-hydrogen) atoms. The van der Waals surface area contributed by atoms with Crippen molar-refractivity contribution in [3.8, 4) is 5.75 Å². The Hall–Kier alpha value is -3.34. The molecule has 0 radical (unpaired) electrons. The number of methoxy groups -OCH3 is 1. The summed E-state index contributed by atoms with van der Waals surface area (Å²) in [7, 11) is 1.46. The molecule has 0 fully saturated rings. The topological polar surface area (TPSA) is 64.4 Å². The van der Waals surface area contributed by atoms with Gasteiger partial charge in [0.05, 0.1) is 18.1 Å². The number of hydrogen-bond donors (Lipinski definition) is 1. The minimum Gasteiger partial charge on any atom is -0.490 e. The van der Waals surface area contributed by atoms with Gasteiger partial charge in [0.1, 0.15) is 0 Å². The highest BCUT2D eigenvalue weighted by Gasteiger charge is 2.39. The first-order valence-corrected chi connectivity index (χ1v) is 9.44. The minimum atomic E-state index is -0.376. The molecule has 1 N–H and O–H groups in total. The third-order valence-corrected chi connectivity index (χ3v) is 6.02. The van der Waals surface area contributed by atoms with Crippen LogP contribution in [0.4, 0.5) is 11.4 Å². The summed E-state index contributed by atoms with van der Waals surface area (Å²) in [6, 6.07) is 18.0. The van der Waals surface area contributed by atoms with Crippen molar-refractivity contribution in [1.82, 2.24) is 0 Å². The molecule has 0 bridgehead atoms. The first-order chi connectivity index (χ1) is 13.7. The van der Waals surface area contributed by atoms with Gasteiger partial charge in [0.15, 0.2) is 5.75 Å². The molecule has 3 aromatic rings. The van der Waals surface area contributed by atoms with E-state index in [0.29, 0.717) is 11.8 Å². The van der Waals surface area contributed by atoms with Gasteiger partial charge in [-0.25, -0.2) is 0 Å². The van der Waals surface area contributed by atoms with Crippen molar-refractivity contribution in [2.24, 2.45) is 5.92 Å². The van der Waals surface area contributed by atoms with E-state index in [0.717, 1.165) is 17.7 Å². The molecule has 5 rings (SSSR count). The molecule has 0 unspecified atom stereocenters. The molecule has 1 aliphatic heterocycles. The van der Waals surface area contributed by atoms with Crippen LogP contribution < -0.4 is 10.1 Å². The average molecular weight is 372 g/mol. The fraction of sp³-hybridized carbons (Fsp3) is 0.217. The molecule has 5 nitrogen and oxygen atoms in total. The fourth-order valence-corrected chi connectivity index (χ4v) is 4.71. The predicted octanol–water partition coefficient (Wildman–Crippen LogP) is 5.58. The zero-order valence-corrected chi connectivity index (χ0v) is 15.5. The Balaban J connectivity index is 1.66. The minimum absolute atomic E-state index is 0.00270. The summed E-state index contributed by atoms with van der Waals surface area (Å²) < 4.78 is 5.18. The van der Waals surface area contributed by atoms with Gasteiger partial charge in [0, 0.05) is 23.1 Å². The second-order valence-electron chi connectivity index (χ2n) is 7.41. The van der Waals surface area contributed by atoms with E-state index in [1.165, 1.54) is 23.4 Å². The van der Waals surface area contributed by atoms with Crippen molar-refractivity contribution < 1.29 is 9.66 Å². The van der Waals surface area contributed by atoms with Crippen LogP contribution in [-0.4, -0.2) is 12.0 Å². The Morgan fingerprint density at radius 3 is 2.82 bits per heavy atom. The molecule has 0 amide bonds. The highest BCUT2D eigenvalue weighted by molar-refractivity contribution is 5.96. The SMILES string of the molecule is COc1ccc([C@H]2Nc3c(ccc4ccccc34)[C@H]3C=CC[C@H]32)cc1[N+](=O)[O-]. The first kappa shape index (κ1) is 16.8. The largest absolute Gasteiger partial charge is 0.490 e. The normalized spacial score (nSPS) is 22.4. The van der Waals surface area contributed by atoms with Gasteiger partial charge < -0.3 is 10.1 Å². The van der Waals surface area contributed by atoms with Gasteiger partial charge in [-0.15, -0.1) is 0 Å². The molecular weight excluding hydrogens is 352 g/mol. The van der Waals surface area contributed by atoms with Crippen molar-refractivity contribution in [2.75, 3.05) is 12.4 Å². The van der Waals surface area contributed by atoms with Gasteiger partial charge >= 0.3 is 5.69 Å². The van der Waals surface area contributed by atoms with E-state index >= 15 is 0 Å². The van der Waals surface area contributed by atoms with E-state index in [1.807, 2.05) is 18.2 Å². The van der Waals surface area contributed by atoms with E-state index in [9.17, 15) is 10.1 Å². The van der Waals surface area contributed by atoms with Crippen LogP contribution in [0.2, 0.25) is 0 Å². The van der Waals surface area contributed by atoms with E-state index in [4.69, 9.17) is 4.74 Å². The Kier molecular flexibility index (Phi) is 3.83. The smallest absolute Gasteiger partial charge is 0.311 e. The Morgan fingerprint density at radius 1 is 1.14 bits per heavy atom. The molecule has 0 aromatic heterocycles. The number of fused-ring (bicyclic) bond motifs is 5. The number of benzene rings is 3. The number of rotatable bonds is 3. The molecule has 0 saturated carbocycles. The van der Waals surface area contributed by atoms with Gasteiger partial charge in [-0.3, -0.25) is 10.1 Å². The fourth-order valence-electron chi connectivity index (χ4n) is 4.71. The second kappa shape index (κ2) is 6.37. The molecule has 0 spiro atoms. The summed E-state index contributed by atoms with van der Waals surface area (Å²) in [6.07, 6.45) is 5.46. The molecule has 3 atom stereocenters. The predicted molar refractivity (Wildman–Crippen MR) is 110 cm³/mol. The van der Waals surface area contributed by atoms with Gasteiger partial charge in [-0.1, -0.05) is 54.6 Å². The summed E-state index contributed by atoms with van der Waals surface area (Å²) in [5, 5.41) is 17.6. The van der Waals surface area contributed by atoms with Crippen molar-refractivity contribution in [3.63, 3.8) is 0 Å². The molecule has 3 aromatic carbocycles. The zero-order chi connectivity index (χ0) is 19.3. The molecule has 1 aliphatic carbocycles. The Bertz CT molecular complexity index is 1120. The number of ether oxygens (including phenoxy) is 1. The van der Waals surface area contributed by atoms with Crippen LogP contribution in [-0.2, 0) is 0 Å². The van der Waals surface area contributed by atoms with Crippen LogP contribution in [0, 0.1) is 16.0 Å². The van der Waals surface area contributed by atoms with Crippen LogP contribution in [0.15, 0.2) is 66.7 Å². The molecular formula is C23H20N2O3. The van der Waals surface area contributed by atoms with Crippen molar-refractivity contribution in [3.05, 3.63) is 88.0 Å². The molecule has 140 valence electrons. The maximum absolute atomic E-state index is 11.5. The monoisotopic (exact) mass is 372 g/mol. The summed E-state index contributed by atoms with van der Waals surface area (Å²) in [5.74, 6) is 0.935. The van der Waals surface area contributed by atoms with Crippen LogP contribution in [0.25, 0.3) is 10.8 Å². The average Bonchev–Trinajstić information content (AvgIpc) is 3.22. The van der Waals surface area contributed by atoms with Crippen LogP contribution in [0.1, 0.15) is 29.5 Å². The van der Waals surface area contributed by atoms with E-state index in [1.54, 1.807) is 12.1 Å². The van der Waals surface area contributed by atoms with E-state index in [2.05, 4.69) is 41.7 Å². The van der Waals surface area contributed by atoms with Gasteiger partial charge in [0.2, 0.25) is 0 Å². The summed E-state index contributed by atoms with van der Waals surface area (Å²) in [6.45, 7) is 0. The number of allylic oxidation sites excluding steroid dienone is 2. The lowest BCUT2D eigenvalue weighted by atomic mass is 9.76. The maximum atomic E-state index is 11.5. The van der Waals surface area contributed by atoms with Crippen LogP contribution in [0.3, 0.4) is 0 Å². The molecule has 2 aliphatic rings. The van der Waals surface area contributed by atoms with E-state index < -0.39 is 0 Å². The van der Waals surface area contributed by atoms with Crippen molar-refractivity contribution in [1.29, 1.82) is 0 Å². The maximum Gasteiger partial charge on any atom is 0.311 e. The number of anilines is 1. The number of nitrogens with zero attached hydrogens (tertiary/aromatic N) is 1. The van der Waals surface area contributed by atoms with Crippen LogP contribution in [0.5, 0.6) is 5.75 Å². The third kappa shape index (κ3) is 2.47. The van der Waals surface area contributed by atoms with Gasteiger partial charge in [-0.05, 0) is 34.9 Å². The summed E-state index contributed by atoms with van der Waals surface area (Å²) in [5.41, 5.74) is 3.36. The third-order valence-electron chi connectivity index (χ3n) is 6.02. The number of nitrogens with one attached hydrogen (secondary N) is 1. The second-order valence-corrected chi connectivity index (χ2v) is 7.41. The van der Waals surface area contributed by atoms with E-state index in [-0.39, 0.29) is 22.4 Å². The quantitative estimate of drug-likeness (QED) is 0.370.